The minimum atomic E-state index is -1.04. The number of nitrogens with zero attached hydrogens (tertiary/aromatic N) is 3. The fourth-order valence-electron chi connectivity index (χ4n) is 4.91. The number of anilines is 1. The van der Waals surface area contributed by atoms with Crippen LogP contribution in [0.4, 0.5) is 10.6 Å². The molecule has 1 aromatic carbocycles. The molecule has 3 aliphatic rings. The van der Waals surface area contributed by atoms with Crippen molar-refractivity contribution in [2.45, 2.75) is 50.1 Å². The van der Waals surface area contributed by atoms with E-state index in [1.807, 2.05) is 28.9 Å². The van der Waals surface area contributed by atoms with Gasteiger partial charge in [0.05, 0.1) is 12.2 Å². The van der Waals surface area contributed by atoms with Gasteiger partial charge in [-0.2, -0.15) is 5.10 Å². The number of nitrogens with one attached hydrogen (secondary N) is 2. The first-order valence-electron chi connectivity index (χ1n) is 10.1. The van der Waals surface area contributed by atoms with E-state index in [1.165, 1.54) is 0 Å². The van der Waals surface area contributed by atoms with Gasteiger partial charge in [-0.3, -0.25) is 14.5 Å². The maximum Gasteiger partial charge on any atom is 0.325 e. The lowest BCUT2D eigenvalue weighted by Crippen LogP contribution is -2.43. The summed E-state index contributed by atoms with van der Waals surface area (Å²) in [5.41, 5.74) is 0.855. The van der Waals surface area contributed by atoms with Crippen molar-refractivity contribution >= 4 is 23.7 Å². The first-order valence-corrected chi connectivity index (χ1v) is 10.1. The molecule has 0 bridgehead atoms. The van der Waals surface area contributed by atoms with Gasteiger partial charge in [-0.25, -0.2) is 9.48 Å². The number of aryl methyl sites for hydroxylation is 1. The average molecular weight is 393 g/mol. The zero-order valence-corrected chi connectivity index (χ0v) is 16.1. The van der Waals surface area contributed by atoms with Crippen LogP contribution in [-0.4, -0.2) is 39.1 Å². The van der Waals surface area contributed by atoms with E-state index in [2.05, 4.69) is 15.7 Å². The number of hydrogen-bond acceptors (Lipinski definition) is 4. The number of aromatic nitrogens is 2. The Morgan fingerprint density at radius 3 is 2.83 bits per heavy atom. The van der Waals surface area contributed by atoms with Crippen molar-refractivity contribution < 1.29 is 14.4 Å². The second-order valence-corrected chi connectivity index (χ2v) is 8.03. The second kappa shape index (κ2) is 6.72. The lowest BCUT2D eigenvalue weighted by molar-refractivity contribution is -0.134. The highest BCUT2D eigenvalue weighted by Crippen LogP contribution is 2.41. The van der Waals surface area contributed by atoms with Gasteiger partial charge in [0.2, 0.25) is 5.91 Å². The lowest BCUT2D eigenvalue weighted by Gasteiger charge is -2.22. The van der Waals surface area contributed by atoms with E-state index in [1.54, 1.807) is 12.3 Å². The first-order chi connectivity index (χ1) is 14.1. The molecule has 2 heterocycles. The number of rotatable bonds is 4. The highest BCUT2D eigenvalue weighted by Gasteiger charge is 2.55. The lowest BCUT2D eigenvalue weighted by atomic mass is 9.92. The summed E-state index contributed by atoms with van der Waals surface area (Å²) < 4.78 is 1.84. The molecule has 29 heavy (non-hydrogen) atoms. The predicted octanol–water partition coefficient (Wildman–Crippen LogP) is 2.33. The molecule has 0 unspecified atom stereocenters. The van der Waals surface area contributed by atoms with Gasteiger partial charge in [0.25, 0.3) is 5.91 Å². The van der Waals surface area contributed by atoms with Gasteiger partial charge in [-0.05, 0) is 36.8 Å². The predicted molar refractivity (Wildman–Crippen MR) is 105 cm³/mol. The SMILES string of the molecule is O=C(CN1C(=O)N[C@@]2(CCc3ccccc32)C1=O)Nc1ccnn1C1CCCC1. The smallest absolute Gasteiger partial charge is 0.319 e. The van der Waals surface area contributed by atoms with E-state index in [0.29, 0.717) is 12.2 Å². The van der Waals surface area contributed by atoms with E-state index in [4.69, 9.17) is 0 Å². The van der Waals surface area contributed by atoms with Crippen molar-refractivity contribution in [1.29, 1.82) is 0 Å². The van der Waals surface area contributed by atoms with Gasteiger partial charge in [-0.1, -0.05) is 37.1 Å². The van der Waals surface area contributed by atoms with E-state index in [-0.39, 0.29) is 18.5 Å². The fourth-order valence-corrected chi connectivity index (χ4v) is 4.91. The van der Waals surface area contributed by atoms with Crippen LogP contribution in [0.3, 0.4) is 0 Å². The average Bonchev–Trinajstić information content (AvgIpc) is 3.48. The Morgan fingerprint density at radius 1 is 1.21 bits per heavy atom. The van der Waals surface area contributed by atoms with Crippen LogP contribution in [0.5, 0.6) is 0 Å². The maximum absolute atomic E-state index is 13.2. The zero-order chi connectivity index (χ0) is 20.0. The highest BCUT2D eigenvalue weighted by molar-refractivity contribution is 6.10. The summed E-state index contributed by atoms with van der Waals surface area (Å²) in [7, 11) is 0. The van der Waals surface area contributed by atoms with Crippen LogP contribution in [0.1, 0.15) is 49.3 Å². The third-order valence-corrected chi connectivity index (χ3v) is 6.33. The summed E-state index contributed by atoms with van der Waals surface area (Å²) in [6.45, 7) is -0.315. The number of amides is 4. The van der Waals surface area contributed by atoms with E-state index in [0.717, 1.165) is 48.1 Å². The number of benzene rings is 1. The summed E-state index contributed by atoms with van der Waals surface area (Å²) in [5, 5.41) is 10.0. The molecular formula is C21H23N5O3. The number of imide groups is 1. The van der Waals surface area contributed by atoms with E-state index < -0.39 is 17.5 Å². The third-order valence-electron chi connectivity index (χ3n) is 6.33. The molecule has 1 saturated carbocycles. The molecule has 2 aliphatic carbocycles. The van der Waals surface area contributed by atoms with Crippen LogP contribution in [0.15, 0.2) is 36.5 Å². The summed E-state index contributed by atoms with van der Waals surface area (Å²) in [4.78, 5) is 39.4. The van der Waals surface area contributed by atoms with Gasteiger partial charge < -0.3 is 10.6 Å². The largest absolute Gasteiger partial charge is 0.325 e. The third kappa shape index (κ3) is 2.82. The zero-order valence-electron chi connectivity index (χ0n) is 16.1. The molecule has 2 N–H and O–H groups in total. The molecule has 1 aliphatic heterocycles. The van der Waals surface area contributed by atoms with Crippen molar-refractivity contribution in [2.75, 3.05) is 11.9 Å². The quantitative estimate of drug-likeness (QED) is 0.779. The Kier molecular flexibility index (Phi) is 4.15. The molecule has 0 radical (unpaired) electrons. The maximum atomic E-state index is 13.2. The molecule has 1 saturated heterocycles. The van der Waals surface area contributed by atoms with Crippen LogP contribution in [0.2, 0.25) is 0 Å². The molecule has 2 fully saturated rings. The molecule has 2 aromatic rings. The van der Waals surface area contributed by atoms with E-state index in [9.17, 15) is 14.4 Å². The van der Waals surface area contributed by atoms with Crippen molar-refractivity contribution in [3.8, 4) is 0 Å². The van der Waals surface area contributed by atoms with Gasteiger partial charge in [-0.15, -0.1) is 0 Å². The topological polar surface area (TPSA) is 96.3 Å². The van der Waals surface area contributed by atoms with Crippen molar-refractivity contribution in [3.63, 3.8) is 0 Å². The summed E-state index contributed by atoms with van der Waals surface area (Å²) >= 11 is 0. The Bertz CT molecular complexity index is 994. The Balaban J connectivity index is 1.32. The second-order valence-electron chi connectivity index (χ2n) is 8.03. The summed E-state index contributed by atoms with van der Waals surface area (Å²) in [6, 6.07) is 9.16. The molecule has 1 spiro atoms. The van der Waals surface area contributed by atoms with Gasteiger partial charge in [0.15, 0.2) is 0 Å². The Labute approximate surface area is 168 Å². The highest BCUT2D eigenvalue weighted by atomic mass is 16.2. The Hall–Kier alpha value is -3.16. The number of hydrogen-bond donors (Lipinski definition) is 2. The molecular weight excluding hydrogens is 370 g/mol. The first kappa shape index (κ1) is 17.9. The van der Waals surface area contributed by atoms with E-state index >= 15 is 0 Å². The van der Waals surface area contributed by atoms with Crippen LogP contribution >= 0.6 is 0 Å². The minimum Gasteiger partial charge on any atom is -0.319 e. The summed E-state index contributed by atoms with van der Waals surface area (Å²) in [6.07, 6.45) is 7.30. The minimum absolute atomic E-state index is 0.287. The fraction of sp³-hybridized carbons (Fsp3) is 0.429. The van der Waals surface area contributed by atoms with Gasteiger partial charge in [0, 0.05) is 6.07 Å². The summed E-state index contributed by atoms with van der Waals surface area (Å²) in [5.74, 6) is -0.154. The molecule has 150 valence electrons. The molecule has 5 rings (SSSR count). The standard InChI is InChI=1S/C21H23N5O3/c27-18(23-17-10-12-22-26(17)15-6-2-3-7-15)13-25-19(28)21(24-20(25)29)11-9-14-5-1-4-8-16(14)21/h1,4-5,8,10,12,15H,2-3,6-7,9,11,13H2,(H,23,27)(H,24,29)/t21-/m1/s1. The molecule has 1 aromatic heterocycles. The van der Waals surface area contributed by atoms with Crippen LogP contribution < -0.4 is 10.6 Å². The van der Waals surface area contributed by atoms with Crippen molar-refractivity contribution in [1.82, 2.24) is 20.0 Å². The van der Waals surface area contributed by atoms with Gasteiger partial charge >= 0.3 is 6.03 Å². The number of carbonyl (C=O) groups is 3. The molecule has 4 amide bonds. The van der Waals surface area contributed by atoms with Crippen LogP contribution in [0.25, 0.3) is 0 Å². The normalized spacial score (nSPS) is 23.7. The molecule has 1 atom stereocenters. The van der Waals surface area contributed by atoms with Crippen molar-refractivity contribution in [2.24, 2.45) is 0 Å². The van der Waals surface area contributed by atoms with Crippen LogP contribution in [-0.2, 0) is 21.5 Å². The van der Waals surface area contributed by atoms with Gasteiger partial charge in [0.1, 0.15) is 17.9 Å². The van der Waals surface area contributed by atoms with Crippen LogP contribution in [0, 0.1) is 0 Å². The Morgan fingerprint density at radius 2 is 2.00 bits per heavy atom. The number of carbonyl (C=O) groups excluding carboxylic acids is 3. The number of fused-ring (bicyclic) bond motifs is 2. The molecule has 8 nitrogen and oxygen atoms in total. The van der Waals surface area contributed by atoms with Crippen molar-refractivity contribution in [3.05, 3.63) is 47.7 Å². The number of urea groups is 1. The molecule has 8 heteroatoms. The monoisotopic (exact) mass is 393 g/mol.